The smallest absolute Gasteiger partial charge is 0.222 e. The van der Waals surface area contributed by atoms with Crippen molar-refractivity contribution in [3.8, 4) is 11.3 Å². The average Bonchev–Trinajstić information content (AvgIpc) is 3.24. The van der Waals surface area contributed by atoms with Crippen LogP contribution in [0.4, 0.5) is 5.82 Å². The number of rotatable bonds is 3. The Morgan fingerprint density at radius 3 is 3.12 bits per heavy atom. The van der Waals surface area contributed by atoms with Crippen molar-refractivity contribution in [2.75, 3.05) is 18.5 Å². The summed E-state index contributed by atoms with van der Waals surface area (Å²) >= 11 is 0. The molecule has 122 valence electrons. The summed E-state index contributed by atoms with van der Waals surface area (Å²) in [6, 6.07) is 7.96. The van der Waals surface area contributed by atoms with Crippen molar-refractivity contribution in [2.45, 2.75) is 19.3 Å². The van der Waals surface area contributed by atoms with Crippen molar-refractivity contribution in [3.05, 3.63) is 42.4 Å². The first-order valence-corrected chi connectivity index (χ1v) is 8.00. The fraction of sp³-hybridized carbons (Fsp3) is 0.278. The third-order valence-corrected chi connectivity index (χ3v) is 4.26. The first-order chi connectivity index (χ1) is 11.7. The van der Waals surface area contributed by atoms with Crippen molar-refractivity contribution < 1.29 is 9.53 Å². The number of aromatic nitrogens is 3. The Morgan fingerprint density at radius 1 is 1.42 bits per heavy atom. The summed E-state index contributed by atoms with van der Waals surface area (Å²) in [6.45, 7) is 3.01. The van der Waals surface area contributed by atoms with Crippen LogP contribution in [0.25, 0.3) is 22.2 Å². The third kappa shape index (κ3) is 2.76. The van der Waals surface area contributed by atoms with Crippen molar-refractivity contribution in [1.82, 2.24) is 15.0 Å². The van der Waals surface area contributed by atoms with Crippen LogP contribution < -0.4 is 5.32 Å². The number of fused-ring (bicyclic) bond motifs is 1. The minimum Gasteiger partial charge on any atom is -0.381 e. The van der Waals surface area contributed by atoms with Gasteiger partial charge >= 0.3 is 0 Å². The fourth-order valence-corrected chi connectivity index (χ4v) is 3.08. The molecule has 0 spiro atoms. The lowest BCUT2D eigenvalue weighted by molar-refractivity contribution is -0.114. The summed E-state index contributed by atoms with van der Waals surface area (Å²) in [5, 5.41) is 3.71. The molecule has 1 aliphatic rings. The van der Waals surface area contributed by atoms with Gasteiger partial charge in [-0.05, 0) is 24.6 Å². The Bertz CT molecular complexity index is 897. The van der Waals surface area contributed by atoms with Crippen LogP contribution in [0.1, 0.15) is 25.0 Å². The molecule has 1 fully saturated rings. The van der Waals surface area contributed by atoms with Crippen LogP contribution in [-0.2, 0) is 9.53 Å². The van der Waals surface area contributed by atoms with Gasteiger partial charge < -0.3 is 15.0 Å². The van der Waals surface area contributed by atoms with E-state index in [-0.39, 0.29) is 5.91 Å². The van der Waals surface area contributed by atoms with E-state index in [1.807, 2.05) is 24.4 Å². The van der Waals surface area contributed by atoms with Crippen molar-refractivity contribution in [1.29, 1.82) is 0 Å². The normalized spacial score (nSPS) is 17.3. The maximum Gasteiger partial charge on any atom is 0.222 e. The molecule has 0 saturated carbocycles. The maximum absolute atomic E-state index is 11.3. The van der Waals surface area contributed by atoms with Crippen LogP contribution in [0.15, 0.2) is 36.7 Å². The number of anilines is 1. The van der Waals surface area contributed by atoms with E-state index >= 15 is 0 Å². The second kappa shape index (κ2) is 6.05. The number of amides is 1. The molecule has 1 atom stereocenters. The van der Waals surface area contributed by atoms with Gasteiger partial charge in [-0.2, -0.15) is 0 Å². The number of pyridine rings is 2. The van der Waals surface area contributed by atoms with Crippen molar-refractivity contribution in [3.63, 3.8) is 0 Å². The summed E-state index contributed by atoms with van der Waals surface area (Å²) in [6.07, 6.45) is 4.67. The van der Waals surface area contributed by atoms with E-state index < -0.39 is 0 Å². The molecular weight excluding hydrogens is 304 g/mol. The minimum atomic E-state index is -0.139. The van der Waals surface area contributed by atoms with E-state index in [1.165, 1.54) is 6.92 Å². The van der Waals surface area contributed by atoms with Gasteiger partial charge in [0.25, 0.3) is 0 Å². The predicted molar refractivity (Wildman–Crippen MR) is 91.8 cm³/mol. The molecule has 1 unspecified atom stereocenters. The highest BCUT2D eigenvalue weighted by molar-refractivity contribution is 5.97. The zero-order valence-electron chi connectivity index (χ0n) is 13.4. The summed E-state index contributed by atoms with van der Waals surface area (Å²) < 4.78 is 5.47. The highest BCUT2D eigenvalue weighted by atomic mass is 16.5. The molecule has 3 aromatic rings. The van der Waals surface area contributed by atoms with Gasteiger partial charge in [0, 0.05) is 42.3 Å². The van der Waals surface area contributed by atoms with Gasteiger partial charge in [-0.1, -0.05) is 6.07 Å². The van der Waals surface area contributed by atoms with Gasteiger partial charge in [0.1, 0.15) is 5.82 Å². The van der Waals surface area contributed by atoms with E-state index in [2.05, 4.69) is 21.4 Å². The van der Waals surface area contributed by atoms with Crippen LogP contribution in [0, 0.1) is 0 Å². The van der Waals surface area contributed by atoms with E-state index in [9.17, 15) is 4.79 Å². The van der Waals surface area contributed by atoms with E-state index in [0.717, 1.165) is 47.5 Å². The van der Waals surface area contributed by atoms with Gasteiger partial charge in [-0.25, -0.2) is 4.98 Å². The van der Waals surface area contributed by atoms with E-state index in [0.29, 0.717) is 11.7 Å². The van der Waals surface area contributed by atoms with Crippen LogP contribution >= 0.6 is 0 Å². The topological polar surface area (TPSA) is 79.9 Å². The molecule has 1 amide bonds. The standard InChI is InChI=1S/C18H18N4O2/c1-11(23)21-18-7-13-14(8-19-17(13)9-20-18)16-4-2-3-15(22-16)12-5-6-24-10-12/h2-4,7-9,12,19H,5-6,10H2,1H3,(H,20,21,23). The van der Waals surface area contributed by atoms with Crippen LogP contribution in [-0.4, -0.2) is 34.1 Å². The van der Waals surface area contributed by atoms with E-state index in [4.69, 9.17) is 9.72 Å². The quantitative estimate of drug-likeness (QED) is 0.776. The molecule has 0 radical (unpaired) electrons. The lowest BCUT2D eigenvalue weighted by atomic mass is 10.0. The third-order valence-electron chi connectivity index (χ3n) is 4.26. The number of nitrogens with zero attached hydrogens (tertiary/aromatic N) is 2. The highest BCUT2D eigenvalue weighted by Crippen LogP contribution is 2.30. The highest BCUT2D eigenvalue weighted by Gasteiger charge is 2.20. The summed E-state index contributed by atoms with van der Waals surface area (Å²) in [4.78, 5) is 23.5. The summed E-state index contributed by atoms with van der Waals surface area (Å²) in [5.74, 6) is 0.767. The van der Waals surface area contributed by atoms with Gasteiger partial charge in [-0.15, -0.1) is 0 Å². The van der Waals surface area contributed by atoms with E-state index in [1.54, 1.807) is 6.20 Å². The number of hydrogen-bond donors (Lipinski definition) is 2. The number of ether oxygens (including phenoxy) is 1. The van der Waals surface area contributed by atoms with Crippen molar-refractivity contribution in [2.24, 2.45) is 0 Å². The molecular formula is C18H18N4O2. The number of carbonyl (C=O) groups is 1. The fourth-order valence-electron chi connectivity index (χ4n) is 3.08. The molecule has 0 aromatic carbocycles. The molecule has 6 heteroatoms. The number of H-pyrrole nitrogens is 1. The number of aromatic amines is 1. The van der Waals surface area contributed by atoms with Gasteiger partial charge in [0.05, 0.1) is 24.0 Å². The first kappa shape index (κ1) is 14.8. The summed E-state index contributed by atoms with van der Waals surface area (Å²) in [5.41, 5.74) is 3.89. The molecule has 0 aliphatic carbocycles. The molecule has 3 aromatic heterocycles. The molecule has 24 heavy (non-hydrogen) atoms. The molecule has 1 saturated heterocycles. The Balaban J connectivity index is 1.75. The minimum absolute atomic E-state index is 0.139. The monoisotopic (exact) mass is 322 g/mol. The molecule has 1 aliphatic heterocycles. The van der Waals surface area contributed by atoms with Crippen LogP contribution in [0.2, 0.25) is 0 Å². The van der Waals surface area contributed by atoms with Gasteiger partial charge in [0.2, 0.25) is 5.91 Å². The number of hydrogen-bond acceptors (Lipinski definition) is 4. The zero-order chi connectivity index (χ0) is 16.5. The molecule has 2 N–H and O–H groups in total. The number of carbonyl (C=O) groups excluding carboxylic acids is 1. The lowest BCUT2D eigenvalue weighted by Gasteiger charge is -2.09. The maximum atomic E-state index is 11.3. The Hall–Kier alpha value is -2.73. The zero-order valence-corrected chi connectivity index (χ0v) is 13.4. The summed E-state index contributed by atoms with van der Waals surface area (Å²) in [7, 11) is 0. The Morgan fingerprint density at radius 2 is 2.33 bits per heavy atom. The second-order valence-corrected chi connectivity index (χ2v) is 6.01. The molecule has 0 bridgehead atoms. The molecule has 4 rings (SSSR count). The molecule has 4 heterocycles. The first-order valence-electron chi connectivity index (χ1n) is 8.00. The average molecular weight is 322 g/mol. The lowest BCUT2D eigenvalue weighted by Crippen LogP contribution is -2.06. The van der Waals surface area contributed by atoms with Gasteiger partial charge in [-0.3, -0.25) is 9.78 Å². The molecule has 6 nitrogen and oxygen atoms in total. The van der Waals surface area contributed by atoms with Gasteiger partial charge in [0.15, 0.2) is 0 Å². The second-order valence-electron chi connectivity index (χ2n) is 6.01. The van der Waals surface area contributed by atoms with Crippen molar-refractivity contribution >= 4 is 22.6 Å². The Kier molecular flexibility index (Phi) is 3.74. The largest absolute Gasteiger partial charge is 0.381 e. The SMILES string of the molecule is CC(=O)Nc1cc2c(-c3cccc(C4CCOC4)n3)c[nH]c2cn1. The number of nitrogens with one attached hydrogen (secondary N) is 2. The van der Waals surface area contributed by atoms with Crippen LogP contribution in [0.3, 0.4) is 0 Å². The van der Waals surface area contributed by atoms with Crippen LogP contribution in [0.5, 0.6) is 0 Å². The predicted octanol–water partition coefficient (Wildman–Crippen LogP) is 3.09. The Labute approximate surface area is 139 Å².